The molecule has 0 radical (unpaired) electrons. The van der Waals surface area contributed by atoms with Gasteiger partial charge in [0.2, 0.25) is 6.86 Å². The fourth-order valence-electron chi connectivity index (χ4n) is 0.830. The summed E-state index contributed by atoms with van der Waals surface area (Å²) < 4.78 is 38.0. The summed E-state index contributed by atoms with van der Waals surface area (Å²) in [6, 6.07) is 5.57. The number of ether oxygens (including phenoxy) is 1. The van der Waals surface area contributed by atoms with E-state index < -0.39 is 15.9 Å². The third-order valence-corrected chi connectivity index (χ3v) is 2.68. The van der Waals surface area contributed by atoms with Gasteiger partial charge in [0.1, 0.15) is 10.6 Å². The summed E-state index contributed by atoms with van der Waals surface area (Å²) in [6.07, 6.45) is 0. The molecule has 0 N–H and O–H groups in total. The highest BCUT2D eigenvalue weighted by atomic mass is 35.7. The molecule has 0 atom stereocenters. The Morgan fingerprint density at radius 1 is 1.38 bits per heavy atom. The molecule has 0 saturated heterocycles. The molecule has 0 aliphatic carbocycles. The first-order chi connectivity index (χ1) is 6.05. The molecule has 0 amide bonds. The maximum absolute atomic E-state index is 11.8. The lowest BCUT2D eigenvalue weighted by molar-refractivity contribution is 0.187. The Morgan fingerprint density at radius 2 is 2.00 bits per heavy atom. The van der Waals surface area contributed by atoms with E-state index in [2.05, 4.69) is 4.74 Å². The van der Waals surface area contributed by atoms with Gasteiger partial charge in [0.15, 0.2) is 0 Å². The number of benzene rings is 1. The predicted molar refractivity (Wildman–Crippen MR) is 46.1 cm³/mol. The lowest BCUT2D eigenvalue weighted by atomic mass is 10.3. The minimum Gasteiger partial charge on any atom is -0.462 e. The van der Waals surface area contributed by atoms with Crippen molar-refractivity contribution in [2.45, 2.75) is 4.90 Å². The van der Waals surface area contributed by atoms with Gasteiger partial charge in [0.05, 0.1) is 0 Å². The highest BCUT2D eigenvalue weighted by molar-refractivity contribution is 8.13. The lowest BCUT2D eigenvalue weighted by Crippen LogP contribution is -1.98. The quantitative estimate of drug-likeness (QED) is 0.737. The fraction of sp³-hybridized carbons (Fsp3) is 0.143. The number of para-hydroxylation sites is 1. The molecule has 0 aliphatic rings. The average Bonchev–Trinajstić information content (AvgIpc) is 2.04. The van der Waals surface area contributed by atoms with Crippen LogP contribution in [0, 0.1) is 0 Å². The average molecular weight is 225 g/mol. The summed E-state index contributed by atoms with van der Waals surface area (Å²) >= 11 is 0. The van der Waals surface area contributed by atoms with Crippen LogP contribution >= 0.6 is 10.7 Å². The van der Waals surface area contributed by atoms with Crippen LogP contribution in [0.1, 0.15) is 0 Å². The predicted octanol–water partition coefficient (Wildman–Crippen LogP) is 1.92. The van der Waals surface area contributed by atoms with E-state index in [1.165, 1.54) is 24.3 Å². The highest BCUT2D eigenvalue weighted by Gasteiger charge is 2.15. The molecule has 0 bridgehead atoms. The number of rotatable bonds is 3. The van der Waals surface area contributed by atoms with Crippen LogP contribution in [-0.4, -0.2) is 15.3 Å². The molecule has 0 aliphatic heterocycles. The summed E-state index contributed by atoms with van der Waals surface area (Å²) in [4.78, 5) is -0.227. The Labute approximate surface area is 79.5 Å². The van der Waals surface area contributed by atoms with E-state index in [1.807, 2.05) is 0 Å². The maximum atomic E-state index is 11.8. The lowest BCUT2D eigenvalue weighted by Gasteiger charge is -2.04. The third kappa shape index (κ3) is 2.57. The highest BCUT2D eigenvalue weighted by Crippen LogP contribution is 2.26. The first-order valence-corrected chi connectivity index (χ1v) is 5.59. The van der Waals surface area contributed by atoms with Crippen LogP contribution in [-0.2, 0) is 9.05 Å². The molecule has 6 heteroatoms. The summed E-state index contributed by atoms with van der Waals surface area (Å²) in [6.45, 7) is -1.09. The van der Waals surface area contributed by atoms with E-state index in [4.69, 9.17) is 10.7 Å². The summed E-state index contributed by atoms with van der Waals surface area (Å²) in [5.41, 5.74) is 0. The van der Waals surface area contributed by atoms with Crippen LogP contribution in [0.15, 0.2) is 29.2 Å². The normalized spacial score (nSPS) is 11.2. The van der Waals surface area contributed by atoms with Gasteiger partial charge in [-0.05, 0) is 12.1 Å². The smallest absolute Gasteiger partial charge is 0.264 e. The first kappa shape index (κ1) is 10.3. The van der Waals surface area contributed by atoms with Crippen LogP contribution in [0.4, 0.5) is 4.39 Å². The van der Waals surface area contributed by atoms with Crippen molar-refractivity contribution in [1.82, 2.24) is 0 Å². The van der Waals surface area contributed by atoms with Crippen molar-refractivity contribution >= 4 is 19.7 Å². The molecule has 1 aromatic carbocycles. The molecule has 0 heterocycles. The molecule has 0 fully saturated rings. The van der Waals surface area contributed by atoms with Crippen molar-refractivity contribution in [1.29, 1.82) is 0 Å². The van der Waals surface area contributed by atoms with E-state index in [1.54, 1.807) is 0 Å². The van der Waals surface area contributed by atoms with Crippen molar-refractivity contribution in [3.05, 3.63) is 24.3 Å². The second kappa shape index (κ2) is 3.93. The molecule has 0 unspecified atom stereocenters. The van der Waals surface area contributed by atoms with Gasteiger partial charge in [-0.15, -0.1) is 0 Å². The Hall–Kier alpha value is -0.810. The molecule has 72 valence electrons. The van der Waals surface area contributed by atoms with Gasteiger partial charge in [-0.2, -0.15) is 0 Å². The number of alkyl halides is 1. The van der Waals surface area contributed by atoms with Crippen molar-refractivity contribution < 1.29 is 17.5 Å². The molecule has 3 nitrogen and oxygen atoms in total. The largest absolute Gasteiger partial charge is 0.462 e. The van der Waals surface area contributed by atoms with Crippen LogP contribution in [0.3, 0.4) is 0 Å². The summed E-state index contributed by atoms with van der Waals surface area (Å²) in [5.74, 6) is -0.0833. The zero-order valence-electron chi connectivity index (χ0n) is 6.41. The number of hydrogen-bond donors (Lipinski definition) is 0. The van der Waals surface area contributed by atoms with E-state index in [9.17, 15) is 12.8 Å². The Kier molecular flexibility index (Phi) is 3.11. The molecule has 1 aromatic rings. The van der Waals surface area contributed by atoms with Gasteiger partial charge in [-0.3, -0.25) is 0 Å². The topological polar surface area (TPSA) is 43.4 Å². The van der Waals surface area contributed by atoms with Crippen LogP contribution in [0.2, 0.25) is 0 Å². The summed E-state index contributed by atoms with van der Waals surface area (Å²) in [7, 11) is 1.19. The SMILES string of the molecule is O=S(=O)(Cl)c1ccccc1OCF. The van der Waals surface area contributed by atoms with Gasteiger partial charge in [0, 0.05) is 10.7 Å². The van der Waals surface area contributed by atoms with Crippen molar-refractivity contribution in [2.75, 3.05) is 6.86 Å². The third-order valence-electron chi connectivity index (χ3n) is 1.32. The Morgan fingerprint density at radius 3 is 2.54 bits per heavy atom. The standard InChI is InChI=1S/C7H6ClFO3S/c8-13(10,11)7-4-2-1-3-6(7)12-5-9/h1-4H,5H2. The van der Waals surface area contributed by atoms with E-state index in [0.29, 0.717) is 0 Å². The molecular weight excluding hydrogens is 219 g/mol. The maximum Gasteiger partial charge on any atom is 0.264 e. The first-order valence-electron chi connectivity index (χ1n) is 3.28. The van der Waals surface area contributed by atoms with Crippen LogP contribution < -0.4 is 4.74 Å². The minimum absolute atomic E-state index is 0.0833. The van der Waals surface area contributed by atoms with Crippen LogP contribution in [0.25, 0.3) is 0 Å². The van der Waals surface area contributed by atoms with E-state index in [0.717, 1.165) is 0 Å². The minimum atomic E-state index is -3.88. The molecule has 13 heavy (non-hydrogen) atoms. The molecule has 1 rings (SSSR count). The monoisotopic (exact) mass is 224 g/mol. The van der Waals surface area contributed by atoms with E-state index >= 15 is 0 Å². The molecule has 0 spiro atoms. The van der Waals surface area contributed by atoms with Gasteiger partial charge in [-0.25, -0.2) is 12.8 Å². The van der Waals surface area contributed by atoms with Gasteiger partial charge in [-0.1, -0.05) is 12.1 Å². The summed E-state index contributed by atoms with van der Waals surface area (Å²) in [5, 5.41) is 0. The molecular formula is C7H6ClFO3S. The second-order valence-corrected chi connectivity index (χ2v) is 4.67. The van der Waals surface area contributed by atoms with Crippen molar-refractivity contribution in [3.8, 4) is 5.75 Å². The zero-order chi connectivity index (χ0) is 9.90. The van der Waals surface area contributed by atoms with Gasteiger partial charge in [0.25, 0.3) is 9.05 Å². The van der Waals surface area contributed by atoms with E-state index in [-0.39, 0.29) is 10.6 Å². The molecule has 0 aromatic heterocycles. The Bertz CT molecular complexity index is 390. The fourth-order valence-corrected chi connectivity index (χ4v) is 1.82. The Balaban J connectivity index is 3.20. The van der Waals surface area contributed by atoms with Crippen molar-refractivity contribution in [2.24, 2.45) is 0 Å². The van der Waals surface area contributed by atoms with Crippen molar-refractivity contribution in [3.63, 3.8) is 0 Å². The second-order valence-electron chi connectivity index (χ2n) is 2.14. The van der Waals surface area contributed by atoms with Gasteiger partial charge >= 0.3 is 0 Å². The molecule has 0 saturated carbocycles. The van der Waals surface area contributed by atoms with Gasteiger partial charge < -0.3 is 4.74 Å². The number of halogens is 2. The van der Waals surface area contributed by atoms with Crippen LogP contribution in [0.5, 0.6) is 5.75 Å². The number of hydrogen-bond acceptors (Lipinski definition) is 3. The zero-order valence-corrected chi connectivity index (χ0v) is 7.98.